The molecule has 0 aromatic heterocycles. The number of hydrogen-bond donors (Lipinski definition) is 0. The Balaban J connectivity index is 1.90. The summed E-state index contributed by atoms with van der Waals surface area (Å²) in [7, 11) is 0. The molecule has 6 heteroatoms. The number of nitro benzene ring substituents is 1. The lowest BCUT2D eigenvalue weighted by Crippen LogP contribution is -2.11. The molecule has 29 heavy (non-hydrogen) atoms. The fraction of sp³-hybridized carbons (Fsp3) is 0.130. The summed E-state index contributed by atoms with van der Waals surface area (Å²) in [6.45, 7) is 3.96. The van der Waals surface area contributed by atoms with E-state index in [4.69, 9.17) is 4.84 Å². The van der Waals surface area contributed by atoms with E-state index in [9.17, 15) is 14.9 Å². The van der Waals surface area contributed by atoms with Gasteiger partial charge in [0.1, 0.15) is 0 Å². The van der Waals surface area contributed by atoms with Crippen molar-refractivity contribution >= 4 is 17.4 Å². The van der Waals surface area contributed by atoms with Crippen molar-refractivity contribution in [2.45, 2.75) is 20.3 Å². The van der Waals surface area contributed by atoms with Gasteiger partial charge in [0.25, 0.3) is 5.69 Å². The Morgan fingerprint density at radius 2 is 1.69 bits per heavy atom. The Labute approximate surface area is 168 Å². The van der Waals surface area contributed by atoms with E-state index in [2.05, 4.69) is 5.16 Å². The van der Waals surface area contributed by atoms with Crippen molar-refractivity contribution in [1.29, 1.82) is 0 Å². The maximum atomic E-state index is 12.3. The van der Waals surface area contributed by atoms with E-state index in [1.807, 2.05) is 38.1 Å². The lowest BCUT2D eigenvalue weighted by Gasteiger charge is -2.11. The summed E-state index contributed by atoms with van der Waals surface area (Å²) in [5, 5.41) is 15.0. The minimum atomic E-state index is -0.545. The first-order chi connectivity index (χ1) is 13.9. The van der Waals surface area contributed by atoms with Gasteiger partial charge in [0.2, 0.25) is 0 Å². The zero-order valence-electron chi connectivity index (χ0n) is 16.2. The molecule has 3 aromatic rings. The van der Waals surface area contributed by atoms with Crippen LogP contribution >= 0.6 is 0 Å². The fourth-order valence-electron chi connectivity index (χ4n) is 2.97. The van der Waals surface area contributed by atoms with Gasteiger partial charge in [-0.15, -0.1) is 0 Å². The first-order valence-electron chi connectivity index (χ1n) is 9.08. The van der Waals surface area contributed by atoms with Gasteiger partial charge in [-0.25, -0.2) is 4.79 Å². The van der Waals surface area contributed by atoms with Gasteiger partial charge >= 0.3 is 5.97 Å². The SMILES string of the molecule is Cc1ccc(/C(Cc2ccc([N+](=O)[O-])cc2)=N/OC(=O)c2ccccc2)c(C)c1. The molecule has 0 saturated carbocycles. The van der Waals surface area contributed by atoms with E-state index in [1.165, 1.54) is 12.1 Å². The molecule has 0 N–H and O–H groups in total. The Morgan fingerprint density at radius 3 is 2.31 bits per heavy atom. The van der Waals surface area contributed by atoms with Crippen molar-refractivity contribution in [2.75, 3.05) is 0 Å². The van der Waals surface area contributed by atoms with Gasteiger partial charge < -0.3 is 4.84 Å². The number of nitro groups is 1. The predicted octanol–water partition coefficient (Wildman–Crippen LogP) is 5.02. The summed E-state index contributed by atoms with van der Waals surface area (Å²) in [6, 6.07) is 20.8. The highest BCUT2D eigenvalue weighted by Gasteiger charge is 2.13. The number of aryl methyl sites for hydroxylation is 2. The smallest absolute Gasteiger partial charge is 0.313 e. The second-order valence-electron chi connectivity index (χ2n) is 6.70. The van der Waals surface area contributed by atoms with Gasteiger partial charge in [-0.2, -0.15) is 0 Å². The molecule has 0 unspecified atom stereocenters. The van der Waals surface area contributed by atoms with E-state index in [-0.39, 0.29) is 5.69 Å². The van der Waals surface area contributed by atoms with Crippen molar-refractivity contribution in [2.24, 2.45) is 5.16 Å². The van der Waals surface area contributed by atoms with Gasteiger partial charge in [-0.1, -0.05) is 59.3 Å². The summed E-state index contributed by atoms with van der Waals surface area (Å²) in [4.78, 5) is 27.9. The van der Waals surface area contributed by atoms with Gasteiger partial charge in [0.15, 0.2) is 0 Å². The Kier molecular flexibility index (Phi) is 6.14. The molecule has 0 radical (unpaired) electrons. The number of carbonyl (C=O) groups excluding carboxylic acids is 1. The first kappa shape index (κ1) is 19.9. The van der Waals surface area contributed by atoms with Crippen LogP contribution in [0, 0.1) is 24.0 Å². The lowest BCUT2D eigenvalue weighted by atomic mass is 9.97. The third-order valence-corrected chi connectivity index (χ3v) is 4.46. The van der Waals surface area contributed by atoms with Crippen molar-refractivity contribution in [3.05, 3.63) is 111 Å². The molecule has 0 heterocycles. The lowest BCUT2D eigenvalue weighted by molar-refractivity contribution is -0.384. The molecule has 0 fully saturated rings. The quantitative estimate of drug-likeness (QED) is 0.257. The zero-order chi connectivity index (χ0) is 20.8. The largest absolute Gasteiger partial charge is 0.365 e. The molecule has 3 rings (SSSR count). The molecule has 0 aliphatic heterocycles. The molecule has 0 aliphatic rings. The van der Waals surface area contributed by atoms with Gasteiger partial charge in [-0.3, -0.25) is 10.1 Å². The Hall–Kier alpha value is -3.80. The Bertz CT molecular complexity index is 1060. The van der Waals surface area contributed by atoms with Crippen LogP contribution in [0.15, 0.2) is 78.0 Å². The number of non-ortho nitro benzene ring substituents is 1. The minimum Gasteiger partial charge on any atom is -0.313 e. The molecular weight excluding hydrogens is 368 g/mol. The number of rotatable bonds is 6. The van der Waals surface area contributed by atoms with Crippen molar-refractivity contribution in [3.63, 3.8) is 0 Å². The van der Waals surface area contributed by atoms with E-state index in [0.29, 0.717) is 17.7 Å². The van der Waals surface area contributed by atoms with Gasteiger partial charge in [-0.05, 0) is 37.1 Å². The standard InChI is InChI=1S/C23H20N2O4/c1-16-8-13-21(17(2)14-16)22(15-18-9-11-20(12-10-18)25(27)28)24-29-23(26)19-6-4-3-5-7-19/h3-14H,15H2,1-2H3/b24-22+. The second kappa shape index (κ2) is 8.93. The monoisotopic (exact) mass is 388 g/mol. The third kappa shape index (κ3) is 5.13. The highest BCUT2D eigenvalue weighted by Crippen LogP contribution is 2.18. The molecule has 0 spiro atoms. The van der Waals surface area contributed by atoms with E-state index >= 15 is 0 Å². The summed E-state index contributed by atoms with van der Waals surface area (Å²) in [5.74, 6) is -0.545. The topological polar surface area (TPSA) is 81.8 Å². The van der Waals surface area contributed by atoms with Crippen molar-refractivity contribution < 1.29 is 14.6 Å². The fourth-order valence-corrected chi connectivity index (χ4v) is 2.97. The number of oxime groups is 1. The van der Waals surface area contributed by atoms with E-state index in [1.54, 1.807) is 36.4 Å². The van der Waals surface area contributed by atoms with Crippen molar-refractivity contribution in [1.82, 2.24) is 0 Å². The third-order valence-electron chi connectivity index (χ3n) is 4.46. The number of nitrogens with zero attached hydrogens (tertiary/aromatic N) is 2. The highest BCUT2D eigenvalue weighted by molar-refractivity contribution is 6.03. The van der Waals surface area contributed by atoms with Crippen LogP contribution in [0.2, 0.25) is 0 Å². The molecular formula is C23H20N2O4. The van der Waals surface area contributed by atoms with Crippen LogP contribution in [-0.2, 0) is 11.3 Å². The predicted molar refractivity (Wildman–Crippen MR) is 111 cm³/mol. The molecule has 0 amide bonds. The molecule has 0 aliphatic carbocycles. The normalized spacial score (nSPS) is 11.2. The highest BCUT2D eigenvalue weighted by atomic mass is 16.7. The van der Waals surface area contributed by atoms with Crippen molar-refractivity contribution in [3.8, 4) is 0 Å². The summed E-state index contributed by atoms with van der Waals surface area (Å²) in [6.07, 6.45) is 0.365. The van der Waals surface area contributed by atoms with Gasteiger partial charge in [0, 0.05) is 24.1 Å². The van der Waals surface area contributed by atoms with Gasteiger partial charge in [0.05, 0.1) is 16.2 Å². The van der Waals surface area contributed by atoms with Crippen LogP contribution in [0.1, 0.15) is 32.6 Å². The van der Waals surface area contributed by atoms with Crippen LogP contribution in [0.4, 0.5) is 5.69 Å². The van der Waals surface area contributed by atoms with Crippen LogP contribution < -0.4 is 0 Å². The number of hydrogen-bond acceptors (Lipinski definition) is 5. The second-order valence-corrected chi connectivity index (χ2v) is 6.70. The van der Waals surface area contributed by atoms with Crippen LogP contribution in [0.3, 0.4) is 0 Å². The first-order valence-corrected chi connectivity index (χ1v) is 9.08. The average Bonchev–Trinajstić information content (AvgIpc) is 2.72. The number of carbonyl (C=O) groups is 1. The molecule has 0 saturated heterocycles. The summed E-state index contributed by atoms with van der Waals surface area (Å²) in [5.41, 5.74) is 4.80. The van der Waals surface area contributed by atoms with Crippen LogP contribution in [0.25, 0.3) is 0 Å². The molecule has 3 aromatic carbocycles. The van der Waals surface area contributed by atoms with Crippen LogP contribution in [-0.4, -0.2) is 16.6 Å². The molecule has 0 atom stereocenters. The summed E-state index contributed by atoms with van der Waals surface area (Å²) < 4.78 is 0. The Morgan fingerprint density at radius 1 is 1.00 bits per heavy atom. The average molecular weight is 388 g/mol. The van der Waals surface area contributed by atoms with E-state index < -0.39 is 10.9 Å². The van der Waals surface area contributed by atoms with Crippen LogP contribution in [0.5, 0.6) is 0 Å². The zero-order valence-corrected chi connectivity index (χ0v) is 16.2. The minimum absolute atomic E-state index is 0.0225. The molecule has 146 valence electrons. The number of benzene rings is 3. The van der Waals surface area contributed by atoms with E-state index in [0.717, 1.165) is 22.3 Å². The maximum Gasteiger partial charge on any atom is 0.365 e. The summed E-state index contributed by atoms with van der Waals surface area (Å²) >= 11 is 0. The maximum absolute atomic E-state index is 12.3. The molecule has 6 nitrogen and oxygen atoms in total. The molecule has 0 bridgehead atoms.